The van der Waals surface area contributed by atoms with Crippen molar-refractivity contribution in [2.45, 2.75) is 6.04 Å². The number of nitrogens with zero attached hydrogens (tertiary/aromatic N) is 2. The van der Waals surface area contributed by atoms with Gasteiger partial charge in [-0.3, -0.25) is 0 Å². The van der Waals surface area contributed by atoms with E-state index in [0.717, 1.165) is 21.3 Å². The molecule has 1 fully saturated rings. The molecule has 1 aliphatic rings. The molecule has 0 amide bonds. The quantitative estimate of drug-likeness (QED) is 0.882. The van der Waals surface area contributed by atoms with E-state index in [1.54, 1.807) is 6.20 Å². The normalized spacial score (nSPS) is 21.2. The standard InChI is InChI=1S/C10H12Br2N2O2/c11-7-3-9(12)10(13-4-7)14-1-2-16-6-8(14)5-15/h3-4,8,15H,1-2,5-6H2. The maximum Gasteiger partial charge on any atom is 0.143 e. The predicted octanol–water partition coefficient (Wildman–Crippen LogP) is 1.80. The van der Waals surface area contributed by atoms with Crippen molar-refractivity contribution in [1.82, 2.24) is 4.98 Å². The summed E-state index contributed by atoms with van der Waals surface area (Å²) in [5, 5.41) is 9.29. The molecular weight excluding hydrogens is 340 g/mol. The van der Waals surface area contributed by atoms with Gasteiger partial charge in [-0.15, -0.1) is 0 Å². The van der Waals surface area contributed by atoms with Gasteiger partial charge in [0.1, 0.15) is 5.82 Å². The summed E-state index contributed by atoms with van der Waals surface area (Å²) < 4.78 is 7.18. The molecule has 2 heterocycles. The Morgan fingerprint density at radius 1 is 1.56 bits per heavy atom. The Morgan fingerprint density at radius 2 is 2.38 bits per heavy atom. The Hall–Kier alpha value is -0.170. The maximum atomic E-state index is 9.29. The number of pyridine rings is 1. The van der Waals surface area contributed by atoms with Crippen LogP contribution in [-0.4, -0.2) is 42.5 Å². The Kier molecular flexibility index (Phi) is 4.18. The average Bonchev–Trinajstić information content (AvgIpc) is 2.29. The number of hydrogen-bond donors (Lipinski definition) is 1. The first-order chi connectivity index (χ1) is 7.72. The van der Waals surface area contributed by atoms with Gasteiger partial charge >= 0.3 is 0 Å². The molecular formula is C10H12Br2N2O2. The lowest BCUT2D eigenvalue weighted by atomic mass is 10.2. The van der Waals surface area contributed by atoms with Gasteiger partial charge in [0.2, 0.25) is 0 Å². The van der Waals surface area contributed by atoms with Crippen LogP contribution in [-0.2, 0) is 4.74 Å². The fraction of sp³-hybridized carbons (Fsp3) is 0.500. The molecule has 2 rings (SSSR count). The summed E-state index contributed by atoms with van der Waals surface area (Å²) in [4.78, 5) is 6.43. The molecule has 0 saturated carbocycles. The van der Waals surface area contributed by atoms with Crippen LogP contribution < -0.4 is 4.90 Å². The van der Waals surface area contributed by atoms with Gasteiger partial charge < -0.3 is 14.7 Å². The van der Waals surface area contributed by atoms with Crippen LogP contribution in [0.4, 0.5) is 5.82 Å². The molecule has 0 aliphatic carbocycles. The molecule has 1 aromatic rings. The van der Waals surface area contributed by atoms with Crippen LogP contribution in [0.2, 0.25) is 0 Å². The van der Waals surface area contributed by atoms with Gasteiger partial charge in [0.15, 0.2) is 0 Å². The number of morpholine rings is 1. The van der Waals surface area contributed by atoms with E-state index < -0.39 is 0 Å². The number of hydrogen-bond acceptors (Lipinski definition) is 4. The summed E-state index contributed by atoms with van der Waals surface area (Å²) in [6.45, 7) is 2.03. The smallest absolute Gasteiger partial charge is 0.143 e. The highest BCUT2D eigenvalue weighted by atomic mass is 79.9. The molecule has 16 heavy (non-hydrogen) atoms. The molecule has 1 saturated heterocycles. The first-order valence-corrected chi connectivity index (χ1v) is 6.57. The number of aliphatic hydroxyl groups is 1. The van der Waals surface area contributed by atoms with Gasteiger partial charge in [0.05, 0.1) is 30.3 Å². The fourth-order valence-corrected chi connectivity index (χ4v) is 2.92. The second kappa shape index (κ2) is 5.44. The van der Waals surface area contributed by atoms with Crippen LogP contribution in [0.25, 0.3) is 0 Å². The van der Waals surface area contributed by atoms with Crippen LogP contribution in [0.5, 0.6) is 0 Å². The van der Waals surface area contributed by atoms with Crippen molar-refractivity contribution < 1.29 is 9.84 Å². The summed E-state index contributed by atoms with van der Waals surface area (Å²) in [6, 6.07) is 1.94. The first-order valence-electron chi connectivity index (χ1n) is 4.98. The highest BCUT2D eigenvalue weighted by molar-refractivity contribution is 9.11. The van der Waals surface area contributed by atoms with Crippen molar-refractivity contribution in [2.24, 2.45) is 0 Å². The van der Waals surface area contributed by atoms with E-state index >= 15 is 0 Å². The van der Waals surface area contributed by atoms with Crippen molar-refractivity contribution in [3.05, 3.63) is 21.2 Å². The molecule has 0 aromatic carbocycles. The lowest BCUT2D eigenvalue weighted by Crippen LogP contribution is -2.48. The van der Waals surface area contributed by atoms with Crippen LogP contribution in [0.1, 0.15) is 0 Å². The summed E-state index contributed by atoms with van der Waals surface area (Å²) in [5.41, 5.74) is 0. The monoisotopic (exact) mass is 350 g/mol. The highest BCUT2D eigenvalue weighted by Gasteiger charge is 2.24. The van der Waals surface area contributed by atoms with E-state index in [2.05, 4.69) is 41.7 Å². The Morgan fingerprint density at radius 3 is 3.06 bits per heavy atom. The summed E-state index contributed by atoms with van der Waals surface area (Å²) in [6.07, 6.45) is 1.75. The van der Waals surface area contributed by atoms with Crippen molar-refractivity contribution in [3.63, 3.8) is 0 Å². The second-order valence-corrected chi connectivity index (χ2v) is 5.33. The second-order valence-electron chi connectivity index (χ2n) is 3.56. The average molecular weight is 352 g/mol. The molecule has 1 N–H and O–H groups in total. The third-order valence-electron chi connectivity index (χ3n) is 2.50. The third-order valence-corrected chi connectivity index (χ3v) is 3.52. The van der Waals surface area contributed by atoms with E-state index in [1.807, 2.05) is 6.07 Å². The molecule has 0 radical (unpaired) electrons. The number of aromatic nitrogens is 1. The zero-order chi connectivity index (χ0) is 11.5. The number of anilines is 1. The van der Waals surface area contributed by atoms with E-state index in [0.29, 0.717) is 13.2 Å². The minimum absolute atomic E-state index is 0.0151. The number of ether oxygens (including phenoxy) is 1. The summed E-state index contributed by atoms with van der Waals surface area (Å²) in [7, 11) is 0. The van der Waals surface area contributed by atoms with Crippen LogP contribution in [0.3, 0.4) is 0 Å². The van der Waals surface area contributed by atoms with Crippen molar-refractivity contribution in [3.8, 4) is 0 Å². The zero-order valence-electron chi connectivity index (χ0n) is 8.57. The first kappa shape index (κ1) is 12.3. The van der Waals surface area contributed by atoms with E-state index in [4.69, 9.17) is 4.74 Å². The van der Waals surface area contributed by atoms with Gasteiger partial charge in [0, 0.05) is 17.2 Å². The van der Waals surface area contributed by atoms with E-state index in [1.165, 1.54) is 0 Å². The topological polar surface area (TPSA) is 45.6 Å². The molecule has 6 heteroatoms. The Labute approximate surface area is 111 Å². The van der Waals surface area contributed by atoms with Gasteiger partial charge in [-0.05, 0) is 37.9 Å². The molecule has 88 valence electrons. The van der Waals surface area contributed by atoms with Crippen LogP contribution >= 0.6 is 31.9 Å². The predicted molar refractivity (Wildman–Crippen MR) is 68.7 cm³/mol. The molecule has 1 aliphatic heterocycles. The summed E-state index contributed by atoms with van der Waals surface area (Å²) >= 11 is 6.85. The number of aliphatic hydroxyl groups excluding tert-OH is 1. The molecule has 0 spiro atoms. The number of rotatable bonds is 2. The third kappa shape index (κ3) is 2.56. The van der Waals surface area contributed by atoms with Crippen LogP contribution in [0, 0.1) is 0 Å². The SMILES string of the molecule is OCC1COCCN1c1ncc(Br)cc1Br. The molecule has 1 aromatic heterocycles. The minimum atomic E-state index is -0.0151. The molecule has 1 atom stereocenters. The van der Waals surface area contributed by atoms with Crippen molar-refractivity contribution in [2.75, 3.05) is 31.3 Å². The molecule has 0 bridgehead atoms. The minimum Gasteiger partial charge on any atom is -0.394 e. The Balaban J connectivity index is 2.27. The molecule has 1 unspecified atom stereocenters. The Bertz CT molecular complexity index is 376. The van der Waals surface area contributed by atoms with E-state index in [-0.39, 0.29) is 12.6 Å². The van der Waals surface area contributed by atoms with Gasteiger partial charge in [-0.1, -0.05) is 0 Å². The maximum absolute atomic E-state index is 9.29. The fourth-order valence-electron chi connectivity index (χ4n) is 1.70. The number of halogens is 2. The van der Waals surface area contributed by atoms with Gasteiger partial charge in [0.25, 0.3) is 0 Å². The zero-order valence-corrected chi connectivity index (χ0v) is 11.7. The van der Waals surface area contributed by atoms with Crippen molar-refractivity contribution in [1.29, 1.82) is 0 Å². The van der Waals surface area contributed by atoms with Gasteiger partial charge in [-0.2, -0.15) is 0 Å². The van der Waals surface area contributed by atoms with Crippen molar-refractivity contribution >= 4 is 37.7 Å². The highest BCUT2D eigenvalue weighted by Crippen LogP contribution is 2.28. The summed E-state index contributed by atoms with van der Waals surface area (Å²) in [5.74, 6) is 0.852. The van der Waals surface area contributed by atoms with Gasteiger partial charge in [-0.25, -0.2) is 4.98 Å². The van der Waals surface area contributed by atoms with E-state index in [9.17, 15) is 5.11 Å². The lowest BCUT2D eigenvalue weighted by molar-refractivity contribution is 0.0722. The molecule has 4 nitrogen and oxygen atoms in total. The lowest BCUT2D eigenvalue weighted by Gasteiger charge is -2.35. The van der Waals surface area contributed by atoms with Crippen LogP contribution in [0.15, 0.2) is 21.2 Å². The largest absolute Gasteiger partial charge is 0.394 e.